The second kappa shape index (κ2) is 7.98. The molecule has 3 aromatic rings. The summed E-state index contributed by atoms with van der Waals surface area (Å²) in [5.41, 5.74) is 10.2. The molecule has 0 unspecified atom stereocenters. The Morgan fingerprint density at radius 1 is 1.14 bits per heavy atom. The van der Waals surface area contributed by atoms with Crippen molar-refractivity contribution >= 4 is 17.5 Å². The van der Waals surface area contributed by atoms with Gasteiger partial charge >= 0.3 is 0 Å². The van der Waals surface area contributed by atoms with Gasteiger partial charge in [0.2, 0.25) is 5.95 Å². The number of hydrogen-bond donors (Lipinski definition) is 3. The van der Waals surface area contributed by atoms with Gasteiger partial charge in [-0.05, 0) is 50.3 Å². The lowest BCUT2D eigenvalue weighted by Crippen LogP contribution is -2.33. The summed E-state index contributed by atoms with van der Waals surface area (Å²) in [4.78, 5) is 9.33. The van der Waals surface area contributed by atoms with E-state index in [2.05, 4.69) is 39.8 Å². The number of nitrogens with zero attached hydrogens (tertiary/aromatic N) is 4. The molecule has 0 amide bonds. The van der Waals surface area contributed by atoms with Crippen molar-refractivity contribution in [1.29, 1.82) is 0 Å². The van der Waals surface area contributed by atoms with Gasteiger partial charge in [-0.25, -0.2) is 4.98 Å². The quantitative estimate of drug-likeness (QED) is 0.629. The molecule has 2 aromatic heterocycles. The lowest BCUT2D eigenvalue weighted by molar-refractivity contribution is 0.410. The van der Waals surface area contributed by atoms with Gasteiger partial charge in [0, 0.05) is 48.3 Å². The van der Waals surface area contributed by atoms with Gasteiger partial charge in [-0.15, -0.1) is 0 Å². The molecule has 7 nitrogen and oxygen atoms in total. The van der Waals surface area contributed by atoms with Crippen LogP contribution in [0.2, 0.25) is 0 Å². The third kappa shape index (κ3) is 4.31. The number of rotatable bonds is 5. The Bertz CT molecular complexity index is 941. The predicted octanol–water partition coefficient (Wildman–Crippen LogP) is 3.61. The Morgan fingerprint density at radius 2 is 1.96 bits per heavy atom. The lowest BCUT2D eigenvalue weighted by Gasteiger charge is -2.28. The highest BCUT2D eigenvalue weighted by molar-refractivity contribution is 5.75. The van der Waals surface area contributed by atoms with E-state index in [1.807, 2.05) is 37.8 Å². The summed E-state index contributed by atoms with van der Waals surface area (Å²) < 4.78 is 1.79. The number of hydrogen-bond acceptors (Lipinski definition) is 6. The average Bonchev–Trinajstić information content (AvgIpc) is 3.10. The van der Waals surface area contributed by atoms with Gasteiger partial charge in [0.15, 0.2) is 0 Å². The van der Waals surface area contributed by atoms with Crippen LogP contribution in [0.5, 0.6) is 0 Å². The van der Waals surface area contributed by atoms with Crippen molar-refractivity contribution in [1.82, 2.24) is 19.7 Å². The highest BCUT2D eigenvalue weighted by Crippen LogP contribution is 2.30. The maximum atomic E-state index is 6.06. The molecule has 146 valence electrons. The minimum atomic E-state index is 0.319. The lowest BCUT2D eigenvalue weighted by atomic mass is 9.91. The van der Waals surface area contributed by atoms with Crippen LogP contribution < -0.4 is 16.4 Å². The fraction of sp³-hybridized carbons (Fsp3) is 0.381. The molecular weight excluding hydrogens is 350 g/mol. The van der Waals surface area contributed by atoms with Crippen molar-refractivity contribution in [2.75, 3.05) is 10.6 Å². The van der Waals surface area contributed by atoms with E-state index < -0.39 is 0 Å². The molecule has 2 heterocycles. The molecule has 0 bridgehead atoms. The standard InChI is InChI=1S/C21H27N7/c1-14-4-3-5-18(10-14)26-21-23-12-19(15-11-24-28(2)13-15)20(27-21)25-17-8-6-16(22)7-9-17/h3-5,10-13,16-17H,6-9,22H2,1-2H3,(H2,23,25,26,27)/t16-,17+. The second-order valence-corrected chi connectivity index (χ2v) is 7.61. The van der Waals surface area contributed by atoms with Gasteiger partial charge in [-0.2, -0.15) is 10.1 Å². The number of aromatic nitrogens is 4. The first kappa shape index (κ1) is 18.4. The van der Waals surface area contributed by atoms with E-state index in [1.165, 1.54) is 5.56 Å². The van der Waals surface area contributed by atoms with Crippen LogP contribution in [0.4, 0.5) is 17.5 Å². The van der Waals surface area contributed by atoms with E-state index in [0.29, 0.717) is 18.0 Å². The minimum Gasteiger partial charge on any atom is -0.367 e. The van der Waals surface area contributed by atoms with Gasteiger partial charge in [0.1, 0.15) is 5.82 Å². The largest absolute Gasteiger partial charge is 0.367 e. The number of anilines is 3. The molecule has 1 aliphatic carbocycles. The monoisotopic (exact) mass is 377 g/mol. The van der Waals surface area contributed by atoms with Gasteiger partial charge in [0.05, 0.1) is 6.20 Å². The Balaban J connectivity index is 1.62. The zero-order valence-corrected chi connectivity index (χ0v) is 16.4. The van der Waals surface area contributed by atoms with Crippen molar-refractivity contribution < 1.29 is 0 Å². The molecule has 1 aromatic carbocycles. The highest BCUT2D eigenvalue weighted by atomic mass is 15.2. The molecule has 4 rings (SSSR count). The third-order valence-corrected chi connectivity index (χ3v) is 5.19. The van der Waals surface area contributed by atoms with E-state index in [4.69, 9.17) is 10.7 Å². The van der Waals surface area contributed by atoms with Crippen molar-refractivity contribution in [3.8, 4) is 11.1 Å². The zero-order chi connectivity index (χ0) is 19.5. The molecule has 0 aliphatic heterocycles. The van der Waals surface area contributed by atoms with Crippen LogP contribution >= 0.6 is 0 Å². The predicted molar refractivity (Wildman–Crippen MR) is 113 cm³/mol. The molecule has 1 fully saturated rings. The first-order valence-electron chi connectivity index (χ1n) is 9.79. The minimum absolute atomic E-state index is 0.319. The van der Waals surface area contributed by atoms with Crippen LogP contribution in [0.25, 0.3) is 11.1 Å². The van der Waals surface area contributed by atoms with Crippen molar-refractivity contribution in [2.45, 2.75) is 44.7 Å². The van der Waals surface area contributed by atoms with Crippen LogP contribution in [-0.2, 0) is 7.05 Å². The first-order valence-corrected chi connectivity index (χ1v) is 9.79. The fourth-order valence-corrected chi connectivity index (χ4v) is 3.63. The first-order chi connectivity index (χ1) is 13.6. The van der Waals surface area contributed by atoms with E-state index in [-0.39, 0.29) is 0 Å². The molecule has 1 aliphatic rings. The number of benzene rings is 1. The average molecular weight is 377 g/mol. The van der Waals surface area contributed by atoms with E-state index in [9.17, 15) is 0 Å². The molecule has 0 atom stereocenters. The zero-order valence-electron chi connectivity index (χ0n) is 16.4. The van der Waals surface area contributed by atoms with E-state index in [0.717, 1.165) is 48.3 Å². The molecule has 1 saturated carbocycles. The van der Waals surface area contributed by atoms with Crippen molar-refractivity contribution in [3.63, 3.8) is 0 Å². The number of nitrogens with one attached hydrogen (secondary N) is 2. The van der Waals surface area contributed by atoms with E-state index in [1.54, 1.807) is 4.68 Å². The van der Waals surface area contributed by atoms with Crippen LogP contribution in [0.15, 0.2) is 42.9 Å². The molecule has 0 radical (unpaired) electrons. The van der Waals surface area contributed by atoms with Gasteiger partial charge in [-0.1, -0.05) is 12.1 Å². The molecule has 0 spiro atoms. The van der Waals surface area contributed by atoms with Gasteiger partial charge in [0.25, 0.3) is 0 Å². The summed E-state index contributed by atoms with van der Waals surface area (Å²) in [6, 6.07) is 8.87. The maximum absolute atomic E-state index is 6.06. The van der Waals surface area contributed by atoms with Crippen LogP contribution in [0, 0.1) is 6.92 Å². The Morgan fingerprint density at radius 3 is 2.68 bits per heavy atom. The summed E-state index contributed by atoms with van der Waals surface area (Å²) in [6.45, 7) is 2.07. The number of nitrogens with two attached hydrogens (primary N) is 1. The molecule has 0 saturated heterocycles. The normalized spacial score (nSPS) is 19.4. The summed E-state index contributed by atoms with van der Waals surface area (Å²) in [6.07, 6.45) is 9.87. The van der Waals surface area contributed by atoms with Crippen LogP contribution in [0.3, 0.4) is 0 Å². The Kier molecular flexibility index (Phi) is 5.25. The summed E-state index contributed by atoms with van der Waals surface area (Å²) >= 11 is 0. The van der Waals surface area contributed by atoms with Crippen molar-refractivity contribution in [3.05, 3.63) is 48.4 Å². The summed E-state index contributed by atoms with van der Waals surface area (Å²) in [5, 5.41) is 11.2. The molecule has 7 heteroatoms. The van der Waals surface area contributed by atoms with Crippen LogP contribution in [0.1, 0.15) is 31.2 Å². The number of aryl methyl sites for hydroxylation is 2. The topological polar surface area (TPSA) is 93.7 Å². The van der Waals surface area contributed by atoms with E-state index >= 15 is 0 Å². The second-order valence-electron chi connectivity index (χ2n) is 7.61. The SMILES string of the molecule is Cc1cccc(Nc2ncc(-c3cnn(C)c3)c(N[C@H]3CC[C@@H](N)CC3)n2)c1. The maximum Gasteiger partial charge on any atom is 0.229 e. The Hall–Kier alpha value is -2.93. The molecule has 4 N–H and O–H groups in total. The highest BCUT2D eigenvalue weighted by Gasteiger charge is 2.21. The van der Waals surface area contributed by atoms with Gasteiger partial charge < -0.3 is 16.4 Å². The Labute approximate surface area is 165 Å². The smallest absolute Gasteiger partial charge is 0.229 e. The third-order valence-electron chi connectivity index (χ3n) is 5.19. The molecule has 28 heavy (non-hydrogen) atoms. The van der Waals surface area contributed by atoms with Gasteiger partial charge in [-0.3, -0.25) is 4.68 Å². The summed E-state index contributed by atoms with van der Waals surface area (Å²) in [5.74, 6) is 1.41. The van der Waals surface area contributed by atoms with Crippen LogP contribution in [-0.4, -0.2) is 31.8 Å². The molecular formula is C21H27N7. The fourth-order valence-electron chi connectivity index (χ4n) is 3.63. The summed E-state index contributed by atoms with van der Waals surface area (Å²) in [7, 11) is 1.91. The van der Waals surface area contributed by atoms with Crippen molar-refractivity contribution in [2.24, 2.45) is 12.8 Å².